The Bertz CT molecular complexity index is 638. The van der Waals surface area contributed by atoms with Crippen molar-refractivity contribution in [3.8, 4) is 0 Å². The van der Waals surface area contributed by atoms with E-state index in [0.717, 1.165) is 23.3 Å². The van der Waals surface area contributed by atoms with Gasteiger partial charge >= 0.3 is 0 Å². The molecule has 2 rings (SSSR count). The maximum Gasteiger partial charge on any atom is 0.170 e. The van der Waals surface area contributed by atoms with Crippen molar-refractivity contribution in [1.29, 1.82) is 0 Å². The molecule has 0 radical (unpaired) electrons. The minimum atomic E-state index is -0.801. The van der Waals surface area contributed by atoms with Crippen LogP contribution in [0.1, 0.15) is 21.5 Å². The van der Waals surface area contributed by atoms with Gasteiger partial charge in [-0.1, -0.05) is 35.9 Å². The lowest BCUT2D eigenvalue weighted by atomic mass is 9.99. The lowest BCUT2D eigenvalue weighted by Gasteiger charge is -2.06. The molecule has 0 aliphatic carbocycles. The molecular weight excluding hydrogens is 270 g/mol. The van der Waals surface area contributed by atoms with E-state index in [2.05, 4.69) is 0 Å². The smallest absolute Gasteiger partial charge is 0.170 e. The largest absolute Gasteiger partial charge is 0.294 e. The van der Waals surface area contributed by atoms with E-state index in [1.165, 1.54) is 0 Å². The van der Waals surface area contributed by atoms with E-state index < -0.39 is 17.4 Å². The summed E-state index contributed by atoms with van der Waals surface area (Å²) in [6.07, 6.45) is 0.0324. The van der Waals surface area contributed by atoms with Crippen LogP contribution in [0.5, 0.6) is 0 Å². The summed E-state index contributed by atoms with van der Waals surface area (Å²) in [5.41, 5.74) is 1.46. The Hall–Kier alpha value is -1.74. The molecule has 98 valence electrons. The van der Waals surface area contributed by atoms with Gasteiger partial charge in [0.1, 0.15) is 11.6 Å². The van der Waals surface area contributed by atoms with Crippen LogP contribution >= 0.6 is 11.6 Å². The number of hydrogen-bond donors (Lipinski definition) is 0. The molecule has 0 N–H and O–H groups in total. The van der Waals surface area contributed by atoms with E-state index in [0.29, 0.717) is 0 Å². The summed E-state index contributed by atoms with van der Waals surface area (Å²) in [7, 11) is 0. The van der Waals surface area contributed by atoms with E-state index in [1.807, 2.05) is 19.1 Å². The van der Waals surface area contributed by atoms with E-state index in [1.54, 1.807) is 12.1 Å². The van der Waals surface area contributed by atoms with Gasteiger partial charge in [-0.2, -0.15) is 0 Å². The van der Waals surface area contributed by atoms with Gasteiger partial charge in [0, 0.05) is 6.42 Å². The van der Waals surface area contributed by atoms with Crippen molar-refractivity contribution in [3.05, 3.63) is 69.7 Å². The van der Waals surface area contributed by atoms with Crippen LogP contribution in [-0.4, -0.2) is 5.78 Å². The molecule has 0 bridgehead atoms. The number of halogens is 3. The first-order valence-corrected chi connectivity index (χ1v) is 6.09. The van der Waals surface area contributed by atoms with Gasteiger partial charge < -0.3 is 0 Å². The van der Waals surface area contributed by atoms with Crippen LogP contribution in [0.2, 0.25) is 5.02 Å². The molecule has 2 aromatic carbocycles. The second-order valence-electron chi connectivity index (χ2n) is 4.27. The zero-order valence-electron chi connectivity index (χ0n) is 10.2. The zero-order valence-corrected chi connectivity index (χ0v) is 11.0. The van der Waals surface area contributed by atoms with Crippen molar-refractivity contribution >= 4 is 17.4 Å². The molecule has 2 aromatic rings. The van der Waals surface area contributed by atoms with Gasteiger partial charge in [0.2, 0.25) is 0 Å². The molecule has 0 aliphatic heterocycles. The fourth-order valence-corrected chi connectivity index (χ4v) is 1.96. The Morgan fingerprint density at radius 2 is 1.84 bits per heavy atom. The number of ketones is 1. The van der Waals surface area contributed by atoms with Gasteiger partial charge in [-0.05, 0) is 30.2 Å². The predicted octanol–water partition coefficient (Wildman–Crippen LogP) is 4.35. The summed E-state index contributed by atoms with van der Waals surface area (Å²) >= 11 is 5.45. The predicted molar refractivity (Wildman–Crippen MR) is 70.6 cm³/mol. The van der Waals surface area contributed by atoms with Gasteiger partial charge in [0.25, 0.3) is 0 Å². The molecule has 19 heavy (non-hydrogen) atoms. The van der Waals surface area contributed by atoms with Crippen molar-refractivity contribution in [2.45, 2.75) is 13.3 Å². The number of Topliss-reactive ketones (excluding diaryl/α,β-unsaturated/α-hetero) is 1. The van der Waals surface area contributed by atoms with Gasteiger partial charge in [-0.25, -0.2) is 8.78 Å². The highest BCUT2D eigenvalue weighted by molar-refractivity contribution is 6.30. The summed E-state index contributed by atoms with van der Waals surface area (Å²) < 4.78 is 26.9. The van der Waals surface area contributed by atoms with Crippen molar-refractivity contribution < 1.29 is 13.6 Å². The van der Waals surface area contributed by atoms with E-state index in [-0.39, 0.29) is 17.0 Å². The summed E-state index contributed by atoms with van der Waals surface area (Å²) in [6, 6.07) is 8.97. The fourth-order valence-electron chi connectivity index (χ4n) is 1.81. The first kappa shape index (κ1) is 13.7. The van der Waals surface area contributed by atoms with Crippen LogP contribution in [-0.2, 0) is 6.42 Å². The third-order valence-electron chi connectivity index (χ3n) is 2.92. The Morgan fingerprint density at radius 3 is 2.53 bits per heavy atom. The Labute approximate surface area is 114 Å². The Balaban J connectivity index is 2.31. The normalized spacial score (nSPS) is 10.5. The second kappa shape index (κ2) is 5.49. The zero-order chi connectivity index (χ0) is 14.0. The van der Waals surface area contributed by atoms with Crippen LogP contribution in [0.4, 0.5) is 8.78 Å². The molecule has 0 saturated carbocycles. The van der Waals surface area contributed by atoms with Gasteiger partial charge in [-0.15, -0.1) is 0 Å². The SMILES string of the molecule is Cc1ccccc1CC(=O)c1cc(F)c(Cl)cc1F. The summed E-state index contributed by atoms with van der Waals surface area (Å²) in [5.74, 6) is -2.07. The van der Waals surface area contributed by atoms with Gasteiger partial charge in [-0.3, -0.25) is 4.79 Å². The van der Waals surface area contributed by atoms with Crippen molar-refractivity contribution in [3.63, 3.8) is 0 Å². The molecule has 4 heteroatoms. The highest BCUT2D eigenvalue weighted by atomic mass is 35.5. The average molecular weight is 281 g/mol. The first-order valence-electron chi connectivity index (χ1n) is 5.71. The Morgan fingerprint density at radius 1 is 1.16 bits per heavy atom. The highest BCUT2D eigenvalue weighted by Gasteiger charge is 2.16. The van der Waals surface area contributed by atoms with Gasteiger partial charge in [0.15, 0.2) is 5.78 Å². The topological polar surface area (TPSA) is 17.1 Å². The minimum Gasteiger partial charge on any atom is -0.294 e. The van der Waals surface area contributed by atoms with Crippen molar-refractivity contribution in [2.24, 2.45) is 0 Å². The summed E-state index contributed by atoms with van der Waals surface area (Å²) in [4.78, 5) is 12.0. The van der Waals surface area contributed by atoms with Crippen LogP contribution in [0.25, 0.3) is 0 Å². The molecule has 0 aliphatic rings. The average Bonchev–Trinajstić information content (AvgIpc) is 2.36. The third-order valence-corrected chi connectivity index (χ3v) is 3.21. The third kappa shape index (κ3) is 2.99. The molecule has 0 unspecified atom stereocenters. The summed E-state index contributed by atoms with van der Waals surface area (Å²) in [6.45, 7) is 1.86. The van der Waals surface area contributed by atoms with Gasteiger partial charge in [0.05, 0.1) is 10.6 Å². The molecule has 0 fully saturated rings. The van der Waals surface area contributed by atoms with Crippen LogP contribution in [0.15, 0.2) is 36.4 Å². The van der Waals surface area contributed by atoms with Crippen molar-refractivity contribution in [2.75, 3.05) is 0 Å². The molecule has 0 heterocycles. The van der Waals surface area contributed by atoms with E-state index >= 15 is 0 Å². The number of aryl methyl sites for hydroxylation is 1. The number of carbonyl (C=O) groups is 1. The lowest BCUT2D eigenvalue weighted by Crippen LogP contribution is -2.08. The number of carbonyl (C=O) groups excluding carboxylic acids is 1. The van der Waals surface area contributed by atoms with Crippen molar-refractivity contribution in [1.82, 2.24) is 0 Å². The Kier molecular flexibility index (Phi) is 3.96. The molecule has 0 amide bonds. The van der Waals surface area contributed by atoms with E-state index in [9.17, 15) is 13.6 Å². The standard InChI is InChI=1S/C15H11ClF2O/c1-9-4-2-3-5-10(9)6-15(19)11-7-14(18)12(16)8-13(11)17/h2-5,7-8H,6H2,1H3. The quantitative estimate of drug-likeness (QED) is 0.603. The maximum absolute atomic E-state index is 13.6. The molecule has 1 nitrogen and oxygen atoms in total. The second-order valence-corrected chi connectivity index (χ2v) is 4.68. The minimum absolute atomic E-state index is 0.0324. The summed E-state index contributed by atoms with van der Waals surface area (Å²) in [5, 5.41) is -0.329. The fraction of sp³-hybridized carbons (Fsp3) is 0.133. The highest BCUT2D eigenvalue weighted by Crippen LogP contribution is 2.21. The number of hydrogen-bond acceptors (Lipinski definition) is 1. The van der Waals surface area contributed by atoms with Crippen LogP contribution in [0, 0.1) is 18.6 Å². The molecular formula is C15H11ClF2O. The van der Waals surface area contributed by atoms with E-state index in [4.69, 9.17) is 11.6 Å². The first-order chi connectivity index (χ1) is 8.99. The maximum atomic E-state index is 13.6. The number of benzene rings is 2. The molecule has 0 aromatic heterocycles. The molecule has 0 spiro atoms. The lowest BCUT2D eigenvalue weighted by molar-refractivity contribution is 0.0988. The van der Waals surface area contributed by atoms with Crippen LogP contribution in [0.3, 0.4) is 0 Å². The molecule has 0 saturated heterocycles. The van der Waals surface area contributed by atoms with Crippen LogP contribution < -0.4 is 0 Å². The monoisotopic (exact) mass is 280 g/mol. The molecule has 0 atom stereocenters. The number of rotatable bonds is 3.